The first kappa shape index (κ1) is 14.8. The van der Waals surface area contributed by atoms with Crippen molar-refractivity contribution in [1.82, 2.24) is 5.32 Å². The lowest BCUT2D eigenvalue weighted by Crippen LogP contribution is -2.30. The van der Waals surface area contributed by atoms with Gasteiger partial charge in [0.05, 0.1) is 24.0 Å². The van der Waals surface area contributed by atoms with E-state index in [2.05, 4.69) is 5.32 Å². The quantitative estimate of drug-likeness (QED) is 0.884. The van der Waals surface area contributed by atoms with Gasteiger partial charge in [0.15, 0.2) is 9.84 Å². The van der Waals surface area contributed by atoms with Crippen molar-refractivity contribution in [3.63, 3.8) is 0 Å². The van der Waals surface area contributed by atoms with E-state index >= 15 is 0 Å². The van der Waals surface area contributed by atoms with Crippen LogP contribution in [0.4, 0.5) is 0 Å². The Morgan fingerprint density at radius 2 is 2.25 bits per heavy atom. The number of sulfone groups is 1. The third-order valence-electron chi connectivity index (χ3n) is 3.28. The Morgan fingerprint density at radius 1 is 1.45 bits per heavy atom. The van der Waals surface area contributed by atoms with Crippen molar-refractivity contribution >= 4 is 15.7 Å². The molecule has 0 aromatic heterocycles. The predicted molar refractivity (Wildman–Crippen MR) is 76.2 cm³/mol. The number of ether oxygens (including phenoxy) is 1. The molecule has 6 heteroatoms. The van der Waals surface area contributed by atoms with E-state index in [1.807, 2.05) is 31.2 Å². The number of carbonyl (C=O) groups excluding carboxylic acids is 1. The molecule has 1 heterocycles. The van der Waals surface area contributed by atoms with Crippen molar-refractivity contribution in [1.29, 1.82) is 0 Å². The van der Waals surface area contributed by atoms with Crippen molar-refractivity contribution in [3.05, 3.63) is 29.8 Å². The summed E-state index contributed by atoms with van der Waals surface area (Å²) in [6, 6.07) is 7.49. The Balaban J connectivity index is 1.89. The first-order valence-corrected chi connectivity index (χ1v) is 8.52. The van der Waals surface area contributed by atoms with E-state index in [1.54, 1.807) is 0 Å². The zero-order chi connectivity index (χ0) is 14.6. The maximum atomic E-state index is 11.9. The van der Waals surface area contributed by atoms with Crippen LogP contribution in [-0.4, -0.2) is 32.4 Å². The van der Waals surface area contributed by atoms with E-state index in [9.17, 15) is 13.2 Å². The van der Waals surface area contributed by atoms with Gasteiger partial charge in [0.1, 0.15) is 5.75 Å². The minimum atomic E-state index is -3.02. The van der Waals surface area contributed by atoms with Crippen LogP contribution < -0.4 is 10.1 Å². The van der Waals surface area contributed by atoms with Gasteiger partial charge in [-0.05, 0) is 31.0 Å². The van der Waals surface area contributed by atoms with E-state index in [4.69, 9.17) is 4.74 Å². The van der Waals surface area contributed by atoms with Crippen LogP contribution in [0.5, 0.6) is 5.75 Å². The topological polar surface area (TPSA) is 72.5 Å². The van der Waals surface area contributed by atoms with Crippen LogP contribution in [0.25, 0.3) is 0 Å². The predicted octanol–water partition coefficient (Wildman–Crippen LogP) is 1.14. The number of amides is 1. The average Bonchev–Trinajstić information content (AvgIpc) is 2.77. The fourth-order valence-electron chi connectivity index (χ4n) is 2.25. The molecule has 1 saturated heterocycles. The highest BCUT2D eigenvalue weighted by molar-refractivity contribution is 7.91. The van der Waals surface area contributed by atoms with Crippen LogP contribution in [0.15, 0.2) is 24.3 Å². The van der Waals surface area contributed by atoms with Gasteiger partial charge in [-0.1, -0.05) is 12.1 Å². The van der Waals surface area contributed by atoms with E-state index in [0.717, 1.165) is 11.3 Å². The summed E-state index contributed by atoms with van der Waals surface area (Å²) in [5.74, 6) is 0.258. The first-order valence-electron chi connectivity index (χ1n) is 6.70. The molecular weight excluding hydrogens is 278 g/mol. The summed E-state index contributed by atoms with van der Waals surface area (Å²) < 4.78 is 28.1. The summed E-state index contributed by atoms with van der Waals surface area (Å²) in [6.07, 6.45) is 0.424. The highest BCUT2D eigenvalue weighted by atomic mass is 32.2. The number of carbonyl (C=O) groups is 1. The summed E-state index contributed by atoms with van der Waals surface area (Å²) in [7, 11) is -3.02. The average molecular weight is 297 g/mol. The van der Waals surface area contributed by atoms with Gasteiger partial charge in [0.25, 0.3) is 0 Å². The molecule has 0 radical (unpaired) electrons. The molecule has 0 unspecified atom stereocenters. The SMILES string of the molecule is CCOc1cccc(CNC(=O)[C@H]2CCS(=O)(=O)C2)c1. The molecule has 1 aromatic rings. The zero-order valence-corrected chi connectivity index (χ0v) is 12.3. The van der Waals surface area contributed by atoms with Gasteiger partial charge in [0, 0.05) is 6.54 Å². The third-order valence-corrected chi connectivity index (χ3v) is 5.05. The van der Waals surface area contributed by atoms with Crippen molar-refractivity contribution in [2.45, 2.75) is 19.9 Å². The van der Waals surface area contributed by atoms with Crippen LogP contribution >= 0.6 is 0 Å². The van der Waals surface area contributed by atoms with Crippen LogP contribution in [-0.2, 0) is 21.2 Å². The highest BCUT2D eigenvalue weighted by Crippen LogP contribution is 2.19. The molecule has 1 amide bonds. The molecule has 1 atom stereocenters. The van der Waals surface area contributed by atoms with Crippen LogP contribution in [0.1, 0.15) is 18.9 Å². The molecule has 20 heavy (non-hydrogen) atoms. The van der Waals surface area contributed by atoms with Gasteiger partial charge in [-0.25, -0.2) is 8.42 Å². The van der Waals surface area contributed by atoms with Gasteiger partial charge in [-0.15, -0.1) is 0 Å². The molecule has 1 aliphatic heterocycles. The van der Waals surface area contributed by atoms with Crippen LogP contribution in [0.2, 0.25) is 0 Å². The molecule has 2 rings (SSSR count). The summed E-state index contributed by atoms with van der Waals surface area (Å²) in [5, 5.41) is 2.79. The Bertz CT molecular complexity index is 583. The molecule has 1 aromatic carbocycles. The van der Waals surface area contributed by atoms with Crippen LogP contribution in [0.3, 0.4) is 0 Å². The Morgan fingerprint density at radius 3 is 2.90 bits per heavy atom. The summed E-state index contributed by atoms with van der Waals surface area (Å²) in [4.78, 5) is 11.9. The van der Waals surface area contributed by atoms with Gasteiger partial charge >= 0.3 is 0 Å². The molecule has 0 bridgehead atoms. The number of nitrogens with one attached hydrogen (secondary N) is 1. The molecular formula is C14H19NO4S. The fraction of sp³-hybridized carbons (Fsp3) is 0.500. The number of hydrogen-bond acceptors (Lipinski definition) is 4. The Kier molecular flexibility index (Phi) is 4.65. The first-order chi connectivity index (χ1) is 9.50. The van der Waals surface area contributed by atoms with Crippen molar-refractivity contribution in [3.8, 4) is 5.75 Å². The summed E-state index contributed by atoms with van der Waals surface area (Å²) >= 11 is 0. The van der Waals surface area contributed by atoms with Gasteiger partial charge in [0.2, 0.25) is 5.91 Å². The molecule has 1 fully saturated rings. The maximum absolute atomic E-state index is 11.9. The van der Waals surface area contributed by atoms with E-state index in [1.165, 1.54) is 0 Å². The number of rotatable bonds is 5. The Labute approximate surface area is 119 Å². The second-order valence-electron chi connectivity index (χ2n) is 4.90. The molecule has 0 saturated carbocycles. The second-order valence-corrected chi connectivity index (χ2v) is 7.13. The normalized spacial score (nSPS) is 20.6. The van der Waals surface area contributed by atoms with E-state index in [-0.39, 0.29) is 17.4 Å². The lowest BCUT2D eigenvalue weighted by Gasteiger charge is -2.10. The summed E-state index contributed by atoms with van der Waals surface area (Å²) in [5.41, 5.74) is 0.935. The largest absolute Gasteiger partial charge is 0.494 e. The maximum Gasteiger partial charge on any atom is 0.224 e. The molecule has 1 N–H and O–H groups in total. The standard InChI is InChI=1S/C14H19NO4S/c1-2-19-13-5-3-4-11(8-13)9-15-14(16)12-6-7-20(17,18)10-12/h3-5,8,12H,2,6-7,9-10H2,1H3,(H,15,16)/t12-/m0/s1. The van der Waals surface area contributed by atoms with Crippen molar-refractivity contribution in [2.75, 3.05) is 18.1 Å². The van der Waals surface area contributed by atoms with Gasteiger partial charge < -0.3 is 10.1 Å². The fourth-order valence-corrected chi connectivity index (χ4v) is 3.99. The van der Waals surface area contributed by atoms with Gasteiger partial charge in [-0.2, -0.15) is 0 Å². The monoisotopic (exact) mass is 297 g/mol. The minimum Gasteiger partial charge on any atom is -0.494 e. The smallest absolute Gasteiger partial charge is 0.224 e. The van der Waals surface area contributed by atoms with Crippen LogP contribution in [0, 0.1) is 5.92 Å². The molecule has 0 aliphatic carbocycles. The van der Waals surface area contributed by atoms with Crippen molar-refractivity contribution < 1.29 is 17.9 Å². The molecule has 1 aliphatic rings. The lowest BCUT2D eigenvalue weighted by atomic mass is 10.1. The zero-order valence-electron chi connectivity index (χ0n) is 11.5. The summed E-state index contributed by atoms with van der Waals surface area (Å²) in [6.45, 7) is 2.89. The number of hydrogen-bond donors (Lipinski definition) is 1. The van der Waals surface area contributed by atoms with E-state index < -0.39 is 15.8 Å². The van der Waals surface area contributed by atoms with Gasteiger partial charge in [-0.3, -0.25) is 4.79 Å². The molecule has 110 valence electrons. The third kappa shape index (κ3) is 3.96. The lowest BCUT2D eigenvalue weighted by molar-refractivity contribution is -0.124. The van der Waals surface area contributed by atoms with Crippen molar-refractivity contribution in [2.24, 2.45) is 5.92 Å². The second kappa shape index (κ2) is 6.26. The minimum absolute atomic E-state index is 0.0299. The van der Waals surface area contributed by atoms with E-state index in [0.29, 0.717) is 19.6 Å². The highest BCUT2D eigenvalue weighted by Gasteiger charge is 2.32. The molecule has 5 nitrogen and oxygen atoms in total. The number of benzene rings is 1. The Hall–Kier alpha value is -1.56. The molecule has 0 spiro atoms.